The van der Waals surface area contributed by atoms with Crippen LogP contribution in [0.3, 0.4) is 0 Å². The largest absolute Gasteiger partial charge is 0.366 e. The van der Waals surface area contributed by atoms with Crippen LogP contribution in [0.1, 0.15) is 18.2 Å². The Morgan fingerprint density at radius 2 is 1.52 bits per heavy atom. The number of benzene rings is 2. The van der Waals surface area contributed by atoms with Crippen LogP contribution in [0.5, 0.6) is 0 Å². The van der Waals surface area contributed by atoms with Gasteiger partial charge >= 0.3 is 0 Å². The number of aromatic nitrogens is 4. The van der Waals surface area contributed by atoms with E-state index >= 15 is 0 Å². The summed E-state index contributed by atoms with van der Waals surface area (Å²) in [6.45, 7) is 2.66. The van der Waals surface area contributed by atoms with Crippen LogP contribution in [0.4, 0.5) is 17.5 Å². The van der Waals surface area contributed by atoms with E-state index in [2.05, 4.69) is 60.4 Å². The molecule has 0 saturated carbocycles. The number of hydrogen-bond donors (Lipinski definition) is 3. The zero-order valence-corrected chi connectivity index (χ0v) is 17.2. The van der Waals surface area contributed by atoms with Gasteiger partial charge in [-0.05, 0) is 5.56 Å². The van der Waals surface area contributed by atoms with E-state index in [1.807, 2.05) is 30.3 Å². The molecule has 4 rings (SSSR count). The van der Waals surface area contributed by atoms with Gasteiger partial charge in [0.05, 0.1) is 23.8 Å². The lowest BCUT2D eigenvalue weighted by atomic mass is 10.0. The standard InChI is InChI=1S/C23H23N7O/c1-16(31)28-18-14-26-23(27-15-18)25-12-11-24-22-20-10-6-5-9-19(20)21(29-30-22)13-17-7-3-2-4-8-17/h2-10,14-15H,11-13H2,1H3,(H,24,30)(H,28,31)(H,25,26,27). The van der Waals surface area contributed by atoms with Crippen molar-refractivity contribution in [1.82, 2.24) is 20.2 Å². The van der Waals surface area contributed by atoms with Gasteiger partial charge in [-0.15, -0.1) is 5.10 Å². The second-order valence-electron chi connectivity index (χ2n) is 7.03. The van der Waals surface area contributed by atoms with Crippen molar-refractivity contribution in [3.05, 3.63) is 78.2 Å². The third-order valence-electron chi connectivity index (χ3n) is 4.65. The predicted molar refractivity (Wildman–Crippen MR) is 122 cm³/mol. The molecule has 0 aliphatic rings. The fraction of sp³-hybridized carbons (Fsp3) is 0.174. The molecule has 0 saturated heterocycles. The van der Waals surface area contributed by atoms with Gasteiger partial charge in [0, 0.05) is 37.2 Å². The van der Waals surface area contributed by atoms with E-state index in [1.54, 1.807) is 12.4 Å². The first-order chi connectivity index (χ1) is 15.2. The Balaban J connectivity index is 1.39. The molecule has 0 spiro atoms. The van der Waals surface area contributed by atoms with Crippen LogP contribution in [0.2, 0.25) is 0 Å². The molecule has 156 valence electrons. The molecule has 0 fully saturated rings. The zero-order valence-electron chi connectivity index (χ0n) is 17.2. The Hall–Kier alpha value is -4.07. The van der Waals surface area contributed by atoms with Gasteiger partial charge in [0.25, 0.3) is 0 Å². The van der Waals surface area contributed by atoms with Crippen LogP contribution in [-0.4, -0.2) is 39.2 Å². The lowest BCUT2D eigenvalue weighted by Gasteiger charge is -2.11. The third-order valence-corrected chi connectivity index (χ3v) is 4.65. The van der Waals surface area contributed by atoms with Crippen LogP contribution < -0.4 is 16.0 Å². The van der Waals surface area contributed by atoms with Gasteiger partial charge in [-0.25, -0.2) is 9.97 Å². The maximum atomic E-state index is 11.0. The first-order valence-electron chi connectivity index (χ1n) is 10.0. The number of hydrogen-bond acceptors (Lipinski definition) is 7. The molecule has 0 bridgehead atoms. The molecule has 2 aromatic carbocycles. The Morgan fingerprint density at radius 3 is 2.26 bits per heavy atom. The molecule has 0 aliphatic heterocycles. The summed E-state index contributed by atoms with van der Waals surface area (Å²) in [6, 6.07) is 18.4. The normalized spacial score (nSPS) is 10.6. The fourth-order valence-electron chi connectivity index (χ4n) is 3.25. The number of carbonyl (C=O) groups is 1. The Labute approximate surface area is 180 Å². The van der Waals surface area contributed by atoms with Gasteiger partial charge in [0.15, 0.2) is 5.82 Å². The van der Waals surface area contributed by atoms with Crippen molar-refractivity contribution in [2.24, 2.45) is 0 Å². The number of carbonyl (C=O) groups excluding carboxylic acids is 1. The molecule has 8 nitrogen and oxygen atoms in total. The maximum absolute atomic E-state index is 11.0. The molecule has 0 radical (unpaired) electrons. The summed E-state index contributed by atoms with van der Waals surface area (Å²) in [4.78, 5) is 19.4. The van der Waals surface area contributed by atoms with Crippen LogP contribution in [0, 0.1) is 0 Å². The number of amides is 1. The summed E-state index contributed by atoms with van der Waals surface area (Å²) in [6.07, 6.45) is 3.87. The molecule has 2 heterocycles. The maximum Gasteiger partial charge on any atom is 0.222 e. The molecular weight excluding hydrogens is 390 g/mol. The van der Waals surface area contributed by atoms with Crippen molar-refractivity contribution in [2.75, 3.05) is 29.0 Å². The minimum atomic E-state index is -0.156. The predicted octanol–water partition coefficient (Wildman–Crippen LogP) is 3.49. The highest BCUT2D eigenvalue weighted by molar-refractivity contribution is 5.93. The van der Waals surface area contributed by atoms with Gasteiger partial charge in [-0.3, -0.25) is 4.79 Å². The highest BCUT2D eigenvalue weighted by Gasteiger charge is 2.09. The number of fused-ring (bicyclic) bond motifs is 1. The third kappa shape index (κ3) is 5.30. The second-order valence-corrected chi connectivity index (χ2v) is 7.03. The van der Waals surface area contributed by atoms with Crippen LogP contribution >= 0.6 is 0 Å². The molecule has 0 atom stereocenters. The number of anilines is 3. The van der Waals surface area contributed by atoms with Crippen LogP contribution in [-0.2, 0) is 11.2 Å². The highest BCUT2D eigenvalue weighted by atomic mass is 16.1. The van der Waals surface area contributed by atoms with E-state index in [0.717, 1.165) is 28.7 Å². The molecule has 1 amide bonds. The van der Waals surface area contributed by atoms with Crippen molar-refractivity contribution in [3.63, 3.8) is 0 Å². The lowest BCUT2D eigenvalue weighted by molar-refractivity contribution is -0.114. The smallest absolute Gasteiger partial charge is 0.222 e. The zero-order chi connectivity index (χ0) is 21.5. The SMILES string of the molecule is CC(=O)Nc1cnc(NCCNc2nnc(Cc3ccccc3)c3ccccc23)nc1. The van der Waals surface area contributed by atoms with Gasteiger partial charge in [0.2, 0.25) is 11.9 Å². The number of nitrogens with zero attached hydrogens (tertiary/aromatic N) is 4. The van der Waals surface area contributed by atoms with Gasteiger partial charge in [-0.1, -0.05) is 54.6 Å². The Kier molecular flexibility index (Phi) is 6.27. The topological polar surface area (TPSA) is 105 Å². The quantitative estimate of drug-likeness (QED) is 0.380. The van der Waals surface area contributed by atoms with E-state index in [9.17, 15) is 4.79 Å². The van der Waals surface area contributed by atoms with Crippen molar-refractivity contribution in [2.45, 2.75) is 13.3 Å². The molecule has 4 aromatic rings. The van der Waals surface area contributed by atoms with E-state index in [0.29, 0.717) is 24.7 Å². The van der Waals surface area contributed by atoms with Crippen LogP contribution in [0.15, 0.2) is 67.0 Å². The molecule has 2 aromatic heterocycles. The van der Waals surface area contributed by atoms with E-state index in [-0.39, 0.29) is 5.91 Å². The Morgan fingerprint density at radius 1 is 0.839 bits per heavy atom. The molecule has 0 unspecified atom stereocenters. The molecule has 31 heavy (non-hydrogen) atoms. The van der Waals surface area contributed by atoms with Crippen molar-refractivity contribution in [1.29, 1.82) is 0 Å². The number of rotatable bonds is 8. The summed E-state index contributed by atoms with van der Waals surface area (Å²) in [5, 5.41) is 20.2. The average molecular weight is 413 g/mol. The first kappa shape index (κ1) is 20.2. The lowest BCUT2D eigenvalue weighted by Crippen LogP contribution is -2.16. The monoisotopic (exact) mass is 413 g/mol. The highest BCUT2D eigenvalue weighted by Crippen LogP contribution is 2.24. The summed E-state index contributed by atoms with van der Waals surface area (Å²) < 4.78 is 0. The van der Waals surface area contributed by atoms with E-state index in [1.165, 1.54) is 12.5 Å². The van der Waals surface area contributed by atoms with E-state index < -0.39 is 0 Å². The molecular formula is C23H23N7O. The molecule has 8 heteroatoms. The van der Waals surface area contributed by atoms with Crippen molar-refractivity contribution >= 4 is 34.1 Å². The van der Waals surface area contributed by atoms with Gasteiger partial charge in [0.1, 0.15) is 0 Å². The minimum Gasteiger partial charge on any atom is -0.366 e. The molecule has 3 N–H and O–H groups in total. The van der Waals surface area contributed by atoms with Gasteiger partial charge in [-0.2, -0.15) is 5.10 Å². The fourth-order valence-corrected chi connectivity index (χ4v) is 3.25. The molecule has 0 aliphatic carbocycles. The van der Waals surface area contributed by atoms with Crippen LogP contribution in [0.25, 0.3) is 10.8 Å². The van der Waals surface area contributed by atoms with Crippen molar-refractivity contribution in [3.8, 4) is 0 Å². The summed E-state index contributed by atoms with van der Waals surface area (Å²) in [7, 11) is 0. The first-order valence-corrected chi connectivity index (χ1v) is 10.0. The Bertz CT molecular complexity index is 1160. The minimum absolute atomic E-state index is 0.156. The average Bonchev–Trinajstić information content (AvgIpc) is 2.79. The second kappa shape index (κ2) is 9.62. The summed E-state index contributed by atoms with van der Waals surface area (Å²) >= 11 is 0. The number of nitrogens with one attached hydrogen (secondary N) is 3. The van der Waals surface area contributed by atoms with Gasteiger partial charge < -0.3 is 16.0 Å². The van der Waals surface area contributed by atoms with Crippen molar-refractivity contribution < 1.29 is 4.79 Å². The summed E-state index contributed by atoms with van der Waals surface area (Å²) in [5.41, 5.74) is 2.73. The summed E-state index contributed by atoms with van der Waals surface area (Å²) in [5.74, 6) is 1.08. The van der Waals surface area contributed by atoms with E-state index in [4.69, 9.17) is 0 Å².